The molecule has 2 rings (SSSR count). The minimum atomic E-state index is 0.557. The SMILES string of the molecule is CCCC1(CN2CCCC(N(C)C)C2)CCCNC1. The van der Waals surface area contributed by atoms with Gasteiger partial charge in [0.05, 0.1) is 0 Å². The summed E-state index contributed by atoms with van der Waals surface area (Å²) in [5, 5.41) is 3.65. The van der Waals surface area contributed by atoms with Crippen molar-refractivity contribution in [3.05, 3.63) is 0 Å². The largest absolute Gasteiger partial charge is 0.316 e. The molecule has 0 amide bonds. The van der Waals surface area contributed by atoms with E-state index >= 15 is 0 Å². The average Bonchev–Trinajstić information content (AvgIpc) is 2.40. The molecular weight excluding hydrogens is 234 g/mol. The average molecular weight is 267 g/mol. The molecule has 0 saturated carbocycles. The van der Waals surface area contributed by atoms with Gasteiger partial charge in [-0.3, -0.25) is 0 Å². The molecule has 0 spiro atoms. The highest BCUT2D eigenvalue weighted by molar-refractivity contribution is 4.90. The third-order valence-corrected chi connectivity index (χ3v) is 5.11. The van der Waals surface area contributed by atoms with Gasteiger partial charge in [0.25, 0.3) is 0 Å². The van der Waals surface area contributed by atoms with Crippen LogP contribution in [0, 0.1) is 5.41 Å². The molecule has 2 unspecified atom stereocenters. The molecule has 0 aliphatic carbocycles. The highest BCUT2D eigenvalue weighted by Crippen LogP contribution is 2.33. The summed E-state index contributed by atoms with van der Waals surface area (Å²) in [6.07, 6.45) is 8.26. The third-order valence-electron chi connectivity index (χ3n) is 5.11. The van der Waals surface area contributed by atoms with Gasteiger partial charge in [0, 0.05) is 25.7 Å². The maximum atomic E-state index is 3.65. The lowest BCUT2D eigenvalue weighted by Gasteiger charge is -2.44. The molecule has 2 heterocycles. The summed E-state index contributed by atoms with van der Waals surface area (Å²) in [4.78, 5) is 5.16. The maximum absolute atomic E-state index is 3.65. The van der Waals surface area contributed by atoms with Crippen LogP contribution in [0.1, 0.15) is 45.4 Å². The molecule has 3 nitrogen and oxygen atoms in total. The molecule has 2 atom stereocenters. The van der Waals surface area contributed by atoms with Crippen molar-refractivity contribution in [2.24, 2.45) is 5.41 Å². The van der Waals surface area contributed by atoms with Crippen LogP contribution in [0.3, 0.4) is 0 Å². The Kier molecular flexibility index (Phi) is 5.67. The quantitative estimate of drug-likeness (QED) is 0.824. The van der Waals surface area contributed by atoms with Gasteiger partial charge in [0.1, 0.15) is 0 Å². The topological polar surface area (TPSA) is 18.5 Å². The number of piperidine rings is 2. The molecule has 3 heteroatoms. The van der Waals surface area contributed by atoms with Crippen molar-refractivity contribution in [1.82, 2.24) is 15.1 Å². The van der Waals surface area contributed by atoms with Crippen LogP contribution in [0.5, 0.6) is 0 Å². The van der Waals surface area contributed by atoms with Crippen LogP contribution in [0.4, 0.5) is 0 Å². The van der Waals surface area contributed by atoms with E-state index in [1.807, 2.05) is 0 Å². The van der Waals surface area contributed by atoms with E-state index in [9.17, 15) is 0 Å². The second-order valence-corrected chi connectivity index (χ2v) is 7.03. The lowest BCUT2D eigenvalue weighted by Crippen LogP contribution is -2.52. The van der Waals surface area contributed by atoms with Crippen LogP contribution in [0.2, 0.25) is 0 Å². The first-order chi connectivity index (χ1) is 9.15. The van der Waals surface area contributed by atoms with Gasteiger partial charge in [-0.1, -0.05) is 13.3 Å². The molecule has 2 saturated heterocycles. The zero-order chi connectivity index (χ0) is 13.7. The standard InChI is InChI=1S/C16H33N3/c1-4-8-16(9-6-10-17-13-16)14-19-11-5-7-15(12-19)18(2)3/h15,17H,4-14H2,1-3H3. The van der Waals surface area contributed by atoms with Crippen molar-refractivity contribution in [2.75, 3.05) is 46.8 Å². The Labute approximate surface area is 119 Å². The Morgan fingerprint density at radius 3 is 2.79 bits per heavy atom. The molecule has 0 aromatic rings. The number of likely N-dealkylation sites (tertiary alicyclic amines) is 1. The maximum Gasteiger partial charge on any atom is 0.0217 e. The van der Waals surface area contributed by atoms with Crippen molar-refractivity contribution in [1.29, 1.82) is 0 Å². The van der Waals surface area contributed by atoms with Crippen molar-refractivity contribution < 1.29 is 0 Å². The summed E-state index contributed by atoms with van der Waals surface area (Å²) in [5.41, 5.74) is 0.557. The number of nitrogens with one attached hydrogen (secondary N) is 1. The first-order valence-corrected chi connectivity index (χ1v) is 8.25. The first kappa shape index (κ1) is 15.3. The predicted octanol–water partition coefficient (Wildman–Crippen LogP) is 2.18. The van der Waals surface area contributed by atoms with Crippen molar-refractivity contribution in [3.63, 3.8) is 0 Å². The highest BCUT2D eigenvalue weighted by Gasteiger charge is 2.34. The van der Waals surface area contributed by atoms with E-state index < -0.39 is 0 Å². The molecule has 1 N–H and O–H groups in total. The van der Waals surface area contributed by atoms with Crippen molar-refractivity contribution in [2.45, 2.75) is 51.5 Å². The lowest BCUT2D eigenvalue weighted by molar-refractivity contribution is 0.0635. The van der Waals surface area contributed by atoms with Crippen LogP contribution in [-0.4, -0.2) is 62.7 Å². The molecule has 0 aromatic carbocycles. The van der Waals surface area contributed by atoms with E-state index in [-0.39, 0.29) is 0 Å². The fourth-order valence-electron chi connectivity index (χ4n) is 4.06. The van der Waals surface area contributed by atoms with E-state index in [2.05, 4.69) is 36.1 Å². The molecule has 2 fully saturated rings. The first-order valence-electron chi connectivity index (χ1n) is 8.25. The molecule has 19 heavy (non-hydrogen) atoms. The minimum absolute atomic E-state index is 0.557. The fourth-order valence-corrected chi connectivity index (χ4v) is 4.06. The summed E-state index contributed by atoms with van der Waals surface area (Å²) in [7, 11) is 4.47. The van der Waals surface area contributed by atoms with Gasteiger partial charge in [0.15, 0.2) is 0 Å². The Morgan fingerprint density at radius 1 is 1.32 bits per heavy atom. The molecule has 0 radical (unpaired) electrons. The van der Waals surface area contributed by atoms with Gasteiger partial charge in [0.2, 0.25) is 0 Å². The second-order valence-electron chi connectivity index (χ2n) is 7.03. The lowest BCUT2D eigenvalue weighted by atomic mass is 9.76. The number of hydrogen-bond donors (Lipinski definition) is 1. The van der Waals surface area contributed by atoms with Gasteiger partial charge >= 0.3 is 0 Å². The summed E-state index contributed by atoms with van der Waals surface area (Å²) in [6.45, 7) is 8.72. The van der Waals surface area contributed by atoms with E-state index in [0.29, 0.717) is 5.41 Å². The van der Waals surface area contributed by atoms with E-state index in [4.69, 9.17) is 0 Å². The van der Waals surface area contributed by atoms with E-state index in [1.54, 1.807) is 0 Å². The van der Waals surface area contributed by atoms with Gasteiger partial charge < -0.3 is 15.1 Å². The number of likely N-dealkylation sites (N-methyl/N-ethyl adjacent to an activating group) is 1. The normalized spacial score (nSPS) is 33.8. The zero-order valence-electron chi connectivity index (χ0n) is 13.2. The molecule has 112 valence electrons. The van der Waals surface area contributed by atoms with Crippen molar-refractivity contribution >= 4 is 0 Å². The van der Waals surface area contributed by atoms with Crippen LogP contribution in [0.25, 0.3) is 0 Å². The van der Waals surface area contributed by atoms with Crippen LogP contribution >= 0.6 is 0 Å². The van der Waals surface area contributed by atoms with Gasteiger partial charge in [-0.25, -0.2) is 0 Å². The smallest absolute Gasteiger partial charge is 0.0217 e. The number of rotatable bonds is 5. The van der Waals surface area contributed by atoms with Crippen LogP contribution < -0.4 is 5.32 Å². The second kappa shape index (κ2) is 7.05. The number of hydrogen-bond acceptors (Lipinski definition) is 3. The molecule has 0 aromatic heterocycles. The highest BCUT2D eigenvalue weighted by atomic mass is 15.2. The summed E-state index contributed by atoms with van der Waals surface area (Å²) < 4.78 is 0. The van der Waals surface area contributed by atoms with Gasteiger partial charge in [-0.15, -0.1) is 0 Å². The number of nitrogens with zero attached hydrogens (tertiary/aromatic N) is 2. The van der Waals surface area contributed by atoms with E-state index in [1.165, 1.54) is 71.2 Å². The third kappa shape index (κ3) is 4.17. The Balaban J connectivity index is 1.92. The molecule has 2 aliphatic heterocycles. The Bertz CT molecular complexity index is 253. The van der Waals surface area contributed by atoms with Crippen molar-refractivity contribution in [3.8, 4) is 0 Å². The van der Waals surface area contributed by atoms with Gasteiger partial charge in [-0.2, -0.15) is 0 Å². The summed E-state index contributed by atoms with van der Waals surface area (Å²) in [5.74, 6) is 0. The predicted molar refractivity (Wildman–Crippen MR) is 82.6 cm³/mol. The molecule has 0 bridgehead atoms. The van der Waals surface area contributed by atoms with Crippen LogP contribution in [0.15, 0.2) is 0 Å². The summed E-state index contributed by atoms with van der Waals surface area (Å²) in [6, 6.07) is 0.768. The van der Waals surface area contributed by atoms with Gasteiger partial charge in [-0.05, 0) is 64.7 Å². The van der Waals surface area contributed by atoms with E-state index in [0.717, 1.165) is 6.04 Å². The minimum Gasteiger partial charge on any atom is -0.316 e. The summed E-state index contributed by atoms with van der Waals surface area (Å²) >= 11 is 0. The molecular formula is C16H33N3. The van der Waals surface area contributed by atoms with Crippen LogP contribution in [-0.2, 0) is 0 Å². The zero-order valence-corrected chi connectivity index (χ0v) is 13.2. The molecule has 2 aliphatic rings. The fraction of sp³-hybridized carbons (Fsp3) is 1.00. The Morgan fingerprint density at radius 2 is 2.16 bits per heavy atom. The monoisotopic (exact) mass is 267 g/mol. The Hall–Kier alpha value is -0.120.